The number of ketones is 1. The number of nitrogens with zero attached hydrogens (tertiary/aromatic N) is 1. The highest BCUT2D eigenvalue weighted by Crippen LogP contribution is 2.33. The number of nitrogens with one attached hydrogen (secondary N) is 1. The van der Waals surface area contributed by atoms with E-state index >= 15 is 0 Å². The standard InChI is InChI=1S/C15H11ClN2O3/c16-11-5-1-10(2-6-11)15(19)14-13(17-14)9-3-7-12(8-4-9)18(20)21/h1-8,13-14,17H. The van der Waals surface area contributed by atoms with Gasteiger partial charge in [-0.1, -0.05) is 23.7 Å². The summed E-state index contributed by atoms with van der Waals surface area (Å²) in [5, 5.41) is 14.3. The predicted molar refractivity (Wildman–Crippen MR) is 78.5 cm³/mol. The van der Waals surface area contributed by atoms with Gasteiger partial charge in [-0.2, -0.15) is 0 Å². The number of rotatable bonds is 4. The molecule has 2 aromatic carbocycles. The number of benzene rings is 2. The second-order valence-corrected chi connectivity index (χ2v) is 5.28. The Balaban J connectivity index is 1.72. The summed E-state index contributed by atoms with van der Waals surface area (Å²) in [6.45, 7) is 0. The fourth-order valence-corrected chi connectivity index (χ4v) is 2.38. The first kappa shape index (κ1) is 13.7. The third-order valence-electron chi connectivity index (χ3n) is 3.46. The molecule has 106 valence electrons. The largest absolute Gasteiger partial charge is 0.297 e. The van der Waals surface area contributed by atoms with Gasteiger partial charge in [0.2, 0.25) is 0 Å². The molecular weight excluding hydrogens is 292 g/mol. The summed E-state index contributed by atoms with van der Waals surface area (Å²) in [5.41, 5.74) is 1.51. The number of nitro benzene ring substituents is 1. The topological polar surface area (TPSA) is 82.2 Å². The number of non-ortho nitro benzene ring substituents is 1. The molecule has 5 nitrogen and oxygen atoms in total. The van der Waals surface area contributed by atoms with Crippen LogP contribution in [0.4, 0.5) is 5.69 Å². The van der Waals surface area contributed by atoms with E-state index in [2.05, 4.69) is 5.32 Å². The van der Waals surface area contributed by atoms with Crippen molar-refractivity contribution in [2.24, 2.45) is 0 Å². The summed E-state index contributed by atoms with van der Waals surface area (Å²) in [6, 6.07) is 12.6. The van der Waals surface area contributed by atoms with Gasteiger partial charge in [0.25, 0.3) is 5.69 Å². The average molecular weight is 303 g/mol. The van der Waals surface area contributed by atoms with Gasteiger partial charge < -0.3 is 0 Å². The van der Waals surface area contributed by atoms with E-state index in [-0.39, 0.29) is 23.6 Å². The quantitative estimate of drug-likeness (QED) is 0.407. The van der Waals surface area contributed by atoms with Crippen molar-refractivity contribution in [3.8, 4) is 0 Å². The lowest BCUT2D eigenvalue weighted by Crippen LogP contribution is -2.10. The van der Waals surface area contributed by atoms with Gasteiger partial charge in [0, 0.05) is 22.7 Å². The highest BCUT2D eigenvalue weighted by molar-refractivity contribution is 6.30. The number of halogens is 1. The Labute approximate surface area is 125 Å². The first-order chi connectivity index (χ1) is 10.1. The molecule has 0 bridgehead atoms. The fraction of sp³-hybridized carbons (Fsp3) is 0.133. The Hall–Kier alpha value is -2.24. The molecule has 1 fully saturated rings. The van der Waals surface area contributed by atoms with Gasteiger partial charge in [0.1, 0.15) is 0 Å². The van der Waals surface area contributed by atoms with Crippen LogP contribution in [-0.2, 0) is 0 Å². The highest BCUT2D eigenvalue weighted by atomic mass is 35.5. The Morgan fingerprint density at radius 3 is 2.29 bits per heavy atom. The molecule has 1 aliphatic heterocycles. The van der Waals surface area contributed by atoms with Crippen molar-refractivity contribution < 1.29 is 9.72 Å². The molecular formula is C15H11ClN2O3. The van der Waals surface area contributed by atoms with Crippen LogP contribution in [0.1, 0.15) is 22.0 Å². The minimum Gasteiger partial charge on any atom is -0.297 e. The third kappa shape index (κ3) is 2.79. The van der Waals surface area contributed by atoms with Crippen LogP contribution < -0.4 is 5.32 Å². The molecule has 3 rings (SSSR count). The van der Waals surface area contributed by atoms with E-state index in [1.54, 1.807) is 36.4 Å². The molecule has 0 amide bonds. The van der Waals surface area contributed by atoms with Gasteiger partial charge in [-0.3, -0.25) is 20.2 Å². The summed E-state index contributed by atoms with van der Waals surface area (Å²) < 4.78 is 0. The van der Waals surface area contributed by atoms with Crippen LogP contribution in [0.2, 0.25) is 5.02 Å². The number of hydrogen-bond acceptors (Lipinski definition) is 4. The van der Waals surface area contributed by atoms with E-state index in [0.29, 0.717) is 10.6 Å². The molecule has 6 heteroatoms. The summed E-state index contributed by atoms with van der Waals surface area (Å²) in [5.74, 6) is -0.00461. The monoisotopic (exact) mass is 302 g/mol. The van der Waals surface area contributed by atoms with Crippen molar-refractivity contribution in [3.63, 3.8) is 0 Å². The Morgan fingerprint density at radius 1 is 1.10 bits per heavy atom. The highest BCUT2D eigenvalue weighted by Gasteiger charge is 2.43. The van der Waals surface area contributed by atoms with Gasteiger partial charge in [-0.15, -0.1) is 0 Å². The summed E-state index contributed by atoms with van der Waals surface area (Å²) >= 11 is 5.79. The lowest BCUT2D eigenvalue weighted by Gasteiger charge is -2.00. The number of hydrogen-bond donors (Lipinski definition) is 1. The zero-order valence-corrected chi connectivity index (χ0v) is 11.6. The van der Waals surface area contributed by atoms with Crippen molar-refractivity contribution in [1.82, 2.24) is 5.32 Å². The van der Waals surface area contributed by atoms with E-state index in [4.69, 9.17) is 11.6 Å². The van der Waals surface area contributed by atoms with Crippen molar-refractivity contribution in [2.45, 2.75) is 12.1 Å². The molecule has 2 atom stereocenters. The Morgan fingerprint density at radius 2 is 1.71 bits per heavy atom. The van der Waals surface area contributed by atoms with Crippen LogP contribution in [0.15, 0.2) is 48.5 Å². The second-order valence-electron chi connectivity index (χ2n) is 4.84. The van der Waals surface area contributed by atoms with Crippen LogP contribution in [0.3, 0.4) is 0 Å². The zero-order valence-electron chi connectivity index (χ0n) is 10.8. The minimum absolute atomic E-state index is 0.00461. The van der Waals surface area contributed by atoms with Crippen LogP contribution in [-0.4, -0.2) is 16.7 Å². The van der Waals surface area contributed by atoms with Crippen molar-refractivity contribution in [1.29, 1.82) is 0 Å². The zero-order chi connectivity index (χ0) is 15.0. The molecule has 2 unspecified atom stereocenters. The van der Waals surface area contributed by atoms with E-state index in [1.165, 1.54) is 12.1 Å². The SMILES string of the molecule is O=C(c1ccc(Cl)cc1)C1NC1c1ccc([N+](=O)[O-])cc1. The van der Waals surface area contributed by atoms with Gasteiger partial charge in [-0.05, 0) is 29.8 Å². The average Bonchev–Trinajstić information content (AvgIpc) is 3.28. The van der Waals surface area contributed by atoms with Crippen LogP contribution in [0.5, 0.6) is 0 Å². The maximum Gasteiger partial charge on any atom is 0.269 e. The normalized spacial score (nSPS) is 20.0. The van der Waals surface area contributed by atoms with Crippen LogP contribution in [0.25, 0.3) is 0 Å². The van der Waals surface area contributed by atoms with Gasteiger partial charge in [0.15, 0.2) is 5.78 Å². The smallest absolute Gasteiger partial charge is 0.269 e. The predicted octanol–water partition coefficient (Wildman–Crippen LogP) is 3.14. The minimum atomic E-state index is -0.444. The Kier molecular flexibility index (Phi) is 3.45. The second kappa shape index (κ2) is 5.27. The summed E-state index contributed by atoms with van der Waals surface area (Å²) in [7, 11) is 0. The molecule has 0 spiro atoms. The molecule has 1 N–H and O–H groups in total. The van der Waals surface area contributed by atoms with Crippen LogP contribution >= 0.6 is 11.6 Å². The van der Waals surface area contributed by atoms with Crippen molar-refractivity contribution >= 4 is 23.1 Å². The third-order valence-corrected chi connectivity index (χ3v) is 3.71. The maximum atomic E-state index is 12.3. The number of carbonyl (C=O) groups excluding carboxylic acids is 1. The Bertz CT molecular complexity index is 698. The number of carbonyl (C=O) groups is 1. The van der Waals surface area contributed by atoms with Gasteiger partial charge in [-0.25, -0.2) is 0 Å². The first-order valence-corrected chi connectivity index (χ1v) is 6.74. The lowest BCUT2D eigenvalue weighted by molar-refractivity contribution is -0.384. The maximum absolute atomic E-state index is 12.3. The molecule has 0 aliphatic carbocycles. The number of Topliss-reactive ketones (excluding diaryl/α,β-unsaturated/α-hetero) is 1. The summed E-state index contributed by atoms with van der Waals surface area (Å²) in [6.07, 6.45) is 0. The van der Waals surface area contributed by atoms with Crippen LogP contribution in [0, 0.1) is 10.1 Å². The van der Waals surface area contributed by atoms with Gasteiger partial charge >= 0.3 is 0 Å². The molecule has 0 aromatic heterocycles. The summed E-state index contributed by atoms with van der Waals surface area (Å²) in [4.78, 5) is 22.4. The molecule has 21 heavy (non-hydrogen) atoms. The van der Waals surface area contributed by atoms with Crippen molar-refractivity contribution in [3.05, 3.63) is 74.8 Å². The molecule has 0 saturated carbocycles. The first-order valence-electron chi connectivity index (χ1n) is 6.36. The van der Waals surface area contributed by atoms with E-state index in [0.717, 1.165) is 5.56 Å². The van der Waals surface area contributed by atoms with E-state index < -0.39 is 4.92 Å². The molecule has 2 aromatic rings. The number of nitro groups is 1. The fourth-order valence-electron chi connectivity index (χ4n) is 2.25. The lowest BCUT2D eigenvalue weighted by atomic mass is 10.0. The molecule has 1 heterocycles. The molecule has 1 aliphatic rings. The van der Waals surface area contributed by atoms with Gasteiger partial charge in [0.05, 0.1) is 17.0 Å². The van der Waals surface area contributed by atoms with Crippen molar-refractivity contribution in [2.75, 3.05) is 0 Å². The van der Waals surface area contributed by atoms with E-state index in [9.17, 15) is 14.9 Å². The molecule has 0 radical (unpaired) electrons. The van der Waals surface area contributed by atoms with E-state index in [1.807, 2.05) is 0 Å². The molecule has 1 saturated heterocycles.